The van der Waals surface area contributed by atoms with Gasteiger partial charge in [-0.2, -0.15) is 0 Å². The number of hydrogen-bond donors (Lipinski definition) is 1. The monoisotopic (exact) mass is 298 g/mol. The summed E-state index contributed by atoms with van der Waals surface area (Å²) < 4.78 is 24.3. The van der Waals surface area contributed by atoms with Crippen LogP contribution in [0.15, 0.2) is 18.2 Å². The molecule has 4 nitrogen and oxygen atoms in total. The van der Waals surface area contributed by atoms with Gasteiger partial charge < -0.3 is 19.7 Å². The van der Waals surface area contributed by atoms with Crippen LogP contribution in [-0.4, -0.2) is 46.6 Å². The molecule has 0 amide bonds. The molecule has 0 aliphatic rings. The smallest absolute Gasteiger partial charge is 0.125 e. The van der Waals surface area contributed by atoms with Crippen LogP contribution in [0.25, 0.3) is 0 Å². The lowest BCUT2D eigenvalue weighted by Gasteiger charge is -2.31. The molecule has 21 heavy (non-hydrogen) atoms. The van der Waals surface area contributed by atoms with Crippen molar-refractivity contribution in [2.75, 3.05) is 45.4 Å². The molecule has 5 heteroatoms. The van der Waals surface area contributed by atoms with Crippen molar-refractivity contribution in [1.29, 1.82) is 0 Å². The van der Waals surface area contributed by atoms with Crippen molar-refractivity contribution in [3.63, 3.8) is 0 Å². The highest BCUT2D eigenvalue weighted by Crippen LogP contribution is 2.21. The Morgan fingerprint density at radius 2 is 2.00 bits per heavy atom. The molecule has 1 aromatic rings. The summed E-state index contributed by atoms with van der Waals surface area (Å²) in [5, 5.41) is 3.22. The van der Waals surface area contributed by atoms with E-state index < -0.39 is 0 Å². The van der Waals surface area contributed by atoms with E-state index in [1.807, 2.05) is 13.0 Å². The lowest BCUT2D eigenvalue weighted by molar-refractivity contribution is 0.171. The second kappa shape index (κ2) is 9.71. The third-order valence-electron chi connectivity index (χ3n) is 3.33. The molecule has 0 bridgehead atoms. The van der Waals surface area contributed by atoms with Crippen LogP contribution in [0.4, 0.5) is 10.1 Å². The fourth-order valence-electron chi connectivity index (χ4n) is 2.30. The highest BCUT2D eigenvalue weighted by molar-refractivity contribution is 5.50. The van der Waals surface area contributed by atoms with E-state index in [0.29, 0.717) is 26.3 Å². The SMILES string of the molecule is CCNCc1cc(F)cc(N(CCOC)C(C)COC)c1. The Morgan fingerprint density at radius 1 is 1.24 bits per heavy atom. The van der Waals surface area contributed by atoms with Crippen molar-refractivity contribution in [1.82, 2.24) is 5.32 Å². The van der Waals surface area contributed by atoms with Crippen molar-refractivity contribution in [2.45, 2.75) is 26.4 Å². The van der Waals surface area contributed by atoms with Crippen LogP contribution >= 0.6 is 0 Å². The minimum Gasteiger partial charge on any atom is -0.383 e. The van der Waals surface area contributed by atoms with Gasteiger partial charge in [-0.25, -0.2) is 4.39 Å². The van der Waals surface area contributed by atoms with Gasteiger partial charge in [0.05, 0.1) is 13.2 Å². The van der Waals surface area contributed by atoms with Crippen LogP contribution in [0.5, 0.6) is 0 Å². The van der Waals surface area contributed by atoms with Crippen LogP contribution in [-0.2, 0) is 16.0 Å². The number of nitrogens with one attached hydrogen (secondary N) is 1. The number of halogens is 1. The lowest BCUT2D eigenvalue weighted by Crippen LogP contribution is -2.38. The Labute approximate surface area is 127 Å². The van der Waals surface area contributed by atoms with Gasteiger partial charge in [0.2, 0.25) is 0 Å². The maximum atomic E-state index is 13.9. The van der Waals surface area contributed by atoms with Crippen LogP contribution in [0.2, 0.25) is 0 Å². The van der Waals surface area contributed by atoms with Gasteiger partial charge in [0.1, 0.15) is 5.82 Å². The Bertz CT molecular complexity index is 415. The van der Waals surface area contributed by atoms with E-state index in [-0.39, 0.29) is 11.9 Å². The molecule has 0 radical (unpaired) electrons. The highest BCUT2D eigenvalue weighted by atomic mass is 19.1. The molecule has 1 unspecified atom stereocenters. The third-order valence-corrected chi connectivity index (χ3v) is 3.33. The van der Waals surface area contributed by atoms with Gasteiger partial charge in [-0.15, -0.1) is 0 Å². The van der Waals surface area contributed by atoms with Crippen LogP contribution in [0, 0.1) is 5.82 Å². The maximum absolute atomic E-state index is 13.9. The van der Waals surface area contributed by atoms with Crippen molar-refractivity contribution in [2.24, 2.45) is 0 Å². The standard InChI is InChI=1S/C16H27FN2O2/c1-5-18-11-14-8-15(17)10-16(9-14)19(6-7-20-3)13(2)12-21-4/h8-10,13,18H,5-7,11-12H2,1-4H3. The second-order valence-electron chi connectivity index (χ2n) is 5.09. The van der Waals surface area contributed by atoms with Gasteiger partial charge in [-0.1, -0.05) is 6.92 Å². The second-order valence-corrected chi connectivity index (χ2v) is 5.09. The van der Waals surface area contributed by atoms with Crippen molar-refractivity contribution in [3.05, 3.63) is 29.6 Å². The van der Waals surface area contributed by atoms with E-state index in [1.54, 1.807) is 26.4 Å². The summed E-state index contributed by atoms with van der Waals surface area (Å²) in [6.45, 7) is 7.50. The fraction of sp³-hybridized carbons (Fsp3) is 0.625. The van der Waals surface area contributed by atoms with Gasteiger partial charge in [-0.3, -0.25) is 0 Å². The minimum atomic E-state index is -0.215. The number of anilines is 1. The molecule has 1 aromatic carbocycles. The Kier molecular flexibility index (Phi) is 8.27. The highest BCUT2D eigenvalue weighted by Gasteiger charge is 2.16. The molecule has 0 saturated carbocycles. The topological polar surface area (TPSA) is 33.7 Å². The van der Waals surface area contributed by atoms with Gasteiger partial charge in [0.15, 0.2) is 0 Å². The Hall–Kier alpha value is -1.17. The number of ether oxygens (including phenoxy) is 2. The van der Waals surface area contributed by atoms with E-state index >= 15 is 0 Å². The molecule has 0 aliphatic heterocycles. The average molecular weight is 298 g/mol. The molecule has 0 spiro atoms. The fourth-order valence-corrected chi connectivity index (χ4v) is 2.30. The number of methoxy groups -OCH3 is 2. The third kappa shape index (κ3) is 5.99. The molecular weight excluding hydrogens is 271 g/mol. The van der Waals surface area contributed by atoms with E-state index in [2.05, 4.69) is 17.1 Å². The zero-order valence-corrected chi connectivity index (χ0v) is 13.5. The molecule has 1 atom stereocenters. The predicted octanol–water partition coefficient (Wildman–Crippen LogP) is 2.42. The van der Waals surface area contributed by atoms with E-state index in [4.69, 9.17) is 9.47 Å². The maximum Gasteiger partial charge on any atom is 0.125 e. The molecular formula is C16H27FN2O2. The van der Waals surface area contributed by atoms with Crippen LogP contribution < -0.4 is 10.2 Å². The van der Waals surface area contributed by atoms with Crippen LogP contribution in [0.3, 0.4) is 0 Å². The predicted molar refractivity (Wildman–Crippen MR) is 84.3 cm³/mol. The van der Waals surface area contributed by atoms with Crippen molar-refractivity contribution < 1.29 is 13.9 Å². The minimum absolute atomic E-state index is 0.152. The number of hydrogen-bond acceptors (Lipinski definition) is 4. The first-order valence-corrected chi connectivity index (χ1v) is 7.37. The van der Waals surface area contributed by atoms with Crippen molar-refractivity contribution in [3.8, 4) is 0 Å². The van der Waals surface area contributed by atoms with E-state index in [0.717, 1.165) is 17.8 Å². The van der Waals surface area contributed by atoms with E-state index in [9.17, 15) is 4.39 Å². The molecule has 1 rings (SSSR count). The molecule has 0 heterocycles. The number of benzene rings is 1. The Balaban J connectivity index is 2.96. The largest absolute Gasteiger partial charge is 0.383 e. The first-order valence-electron chi connectivity index (χ1n) is 7.37. The molecule has 0 saturated heterocycles. The van der Waals surface area contributed by atoms with Gasteiger partial charge in [0.25, 0.3) is 0 Å². The van der Waals surface area contributed by atoms with Crippen LogP contribution in [0.1, 0.15) is 19.4 Å². The van der Waals surface area contributed by atoms with E-state index in [1.165, 1.54) is 0 Å². The zero-order valence-electron chi connectivity index (χ0n) is 13.5. The summed E-state index contributed by atoms with van der Waals surface area (Å²) >= 11 is 0. The number of rotatable bonds is 10. The van der Waals surface area contributed by atoms with Crippen molar-refractivity contribution >= 4 is 5.69 Å². The summed E-state index contributed by atoms with van der Waals surface area (Å²) in [7, 11) is 3.34. The van der Waals surface area contributed by atoms with Gasteiger partial charge in [-0.05, 0) is 37.2 Å². The molecule has 0 aliphatic carbocycles. The normalized spacial score (nSPS) is 12.4. The lowest BCUT2D eigenvalue weighted by atomic mass is 10.1. The Morgan fingerprint density at radius 3 is 2.62 bits per heavy atom. The number of nitrogens with zero attached hydrogens (tertiary/aromatic N) is 1. The van der Waals surface area contributed by atoms with Gasteiger partial charge in [0, 0.05) is 39.0 Å². The summed E-state index contributed by atoms with van der Waals surface area (Å²) in [5.74, 6) is -0.215. The van der Waals surface area contributed by atoms with Gasteiger partial charge >= 0.3 is 0 Å². The first-order chi connectivity index (χ1) is 10.1. The first kappa shape index (κ1) is 17.9. The summed E-state index contributed by atoms with van der Waals surface area (Å²) in [5.41, 5.74) is 1.81. The summed E-state index contributed by atoms with van der Waals surface area (Å²) in [6.07, 6.45) is 0. The zero-order chi connectivity index (χ0) is 15.7. The molecule has 0 fully saturated rings. The molecule has 0 aromatic heterocycles. The molecule has 120 valence electrons. The molecule has 1 N–H and O–H groups in total. The summed E-state index contributed by atoms with van der Waals surface area (Å²) in [6, 6.07) is 5.31. The quantitative estimate of drug-likeness (QED) is 0.719. The average Bonchev–Trinajstić information content (AvgIpc) is 2.45. The summed E-state index contributed by atoms with van der Waals surface area (Å²) in [4.78, 5) is 2.12.